The average Bonchev–Trinajstić information content (AvgIpc) is 3.52. The third-order valence-electron chi connectivity index (χ3n) is 11.3. The first-order valence-corrected chi connectivity index (χ1v) is 19.4. The van der Waals surface area contributed by atoms with Gasteiger partial charge >= 0.3 is 0 Å². The van der Waals surface area contributed by atoms with Crippen LogP contribution in [0.2, 0.25) is 0 Å². The quantitative estimate of drug-likeness (QED) is 0.164. The molecule has 57 heavy (non-hydrogen) atoms. The summed E-state index contributed by atoms with van der Waals surface area (Å²) in [6.07, 6.45) is 3.62. The SMILES string of the molecule is CC1(C)c2ccccc2-c2ccc(-c3cccc(-c4cccc(-c5cccc(-c6nc(-c7ccccc7)nc(-c7ccc(-c8ccncc8)cc7)n6)c5)c4)c3)cc21. The van der Waals surface area contributed by atoms with Crippen LogP contribution in [-0.4, -0.2) is 19.9 Å². The van der Waals surface area contributed by atoms with E-state index in [0.717, 1.165) is 44.5 Å². The molecular formula is C53H38N4. The van der Waals surface area contributed by atoms with Crippen LogP contribution in [0.1, 0.15) is 25.0 Å². The number of fused-ring (bicyclic) bond motifs is 3. The maximum absolute atomic E-state index is 5.05. The van der Waals surface area contributed by atoms with Crippen LogP contribution in [0.25, 0.3) is 89.8 Å². The van der Waals surface area contributed by atoms with Crippen LogP contribution in [0.5, 0.6) is 0 Å². The molecule has 270 valence electrons. The summed E-state index contributed by atoms with van der Waals surface area (Å²) in [6, 6.07) is 64.4. The van der Waals surface area contributed by atoms with Crippen LogP contribution in [0.4, 0.5) is 0 Å². The molecule has 0 bridgehead atoms. The van der Waals surface area contributed by atoms with Gasteiger partial charge in [-0.25, -0.2) is 15.0 Å². The molecule has 9 aromatic rings. The molecule has 7 aromatic carbocycles. The van der Waals surface area contributed by atoms with Gasteiger partial charge in [-0.2, -0.15) is 0 Å². The van der Waals surface area contributed by atoms with Gasteiger partial charge in [0, 0.05) is 34.5 Å². The fourth-order valence-electron chi connectivity index (χ4n) is 8.18. The predicted molar refractivity (Wildman–Crippen MR) is 233 cm³/mol. The normalized spacial score (nSPS) is 12.5. The maximum Gasteiger partial charge on any atom is 0.164 e. The Morgan fingerprint density at radius 3 is 1.32 bits per heavy atom. The zero-order valence-electron chi connectivity index (χ0n) is 31.8. The summed E-state index contributed by atoms with van der Waals surface area (Å²) in [6.45, 7) is 4.67. The van der Waals surface area contributed by atoms with E-state index in [1.807, 2.05) is 54.9 Å². The van der Waals surface area contributed by atoms with Crippen LogP contribution in [-0.2, 0) is 5.41 Å². The van der Waals surface area contributed by atoms with Crippen LogP contribution in [0.15, 0.2) is 194 Å². The topological polar surface area (TPSA) is 51.6 Å². The van der Waals surface area contributed by atoms with Gasteiger partial charge in [0.25, 0.3) is 0 Å². The highest BCUT2D eigenvalue weighted by atomic mass is 15.0. The Hall–Kier alpha value is -7.30. The van der Waals surface area contributed by atoms with Gasteiger partial charge in [0.15, 0.2) is 17.5 Å². The number of hydrogen-bond acceptors (Lipinski definition) is 4. The minimum absolute atomic E-state index is 0.0409. The molecule has 0 spiro atoms. The third kappa shape index (κ3) is 6.41. The molecule has 2 aromatic heterocycles. The fraction of sp³-hybridized carbons (Fsp3) is 0.0566. The third-order valence-corrected chi connectivity index (χ3v) is 11.3. The number of aromatic nitrogens is 4. The summed E-state index contributed by atoms with van der Waals surface area (Å²) in [4.78, 5) is 19.2. The van der Waals surface area contributed by atoms with E-state index in [0.29, 0.717) is 17.5 Å². The van der Waals surface area contributed by atoms with E-state index >= 15 is 0 Å². The molecule has 0 amide bonds. The van der Waals surface area contributed by atoms with Gasteiger partial charge in [-0.3, -0.25) is 4.98 Å². The lowest BCUT2D eigenvalue weighted by atomic mass is 9.81. The molecule has 1 aliphatic carbocycles. The predicted octanol–water partition coefficient (Wildman–Crippen LogP) is 13.2. The summed E-state index contributed by atoms with van der Waals surface area (Å²) in [7, 11) is 0. The molecule has 2 heterocycles. The highest BCUT2D eigenvalue weighted by Crippen LogP contribution is 2.49. The van der Waals surface area contributed by atoms with Crippen molar-refractivity contribution in [3.63, 3.8) is 0 Å². The van der Waals surface area contributed by atoms with Crippen molar-refractivity contribution in [2.75, 3.05) is 0 Å². The van der Waals surface area contributed by atoms with Crippen molar-refractivity contribution in [1.29, 1.82) is 0 Å². The summed E-state index contributed by atoms with van der Waals surface area (Å²) in [5, 5.41) is 0. The van der Waals surface area contributed by atoms with Crippen molar-refractivity contribution in [2.24, 2.45) is 0 Å². The van der Waals surface area contributed by atoms with Gasteiger partial charge in [-0.15, -0.1) is 0 Å². The smallest absolute Gasteiger partial charge is 0.164 e. The number of hydrogen-bond donors (Lipinski definition) is 0. The van der Waals surface area contributed by atoms with E-state index in [4.69, 9.17) is 15.0 Å². The van der Waals surface area contributed by atoms with Gasteiger partial charge in [-0.05, 0) is 103 Å². The van der Waals surface area contributed by atoms with Crippen LogP contribution in [0.3, 0.4) is 0 Å². The van der Waals surface area contributed by atoms with Crippen molar-refractivity contribution < 1.29 is 0 Å². The maximum atomic E-state index is 5.05. The lowest BCUT2D eigenvalue weighted by Gasteiger charge is -2.22. The summed E-state index contributed by atoms with van der Waals surface area (Å²) >= 11 is 0. The number of nitrogens with zero attached hydrogens (tertiary/aromatic N) is 4. The molecule has 0 aliphatic heterocycles. The molecule has 0 fully saturated rings. The van der Waals surface area contributed by atoms with E-state index < -0.39 is 0 Å². The molecule has 10 rings (SSSR count). The van der Waals surface area contributed by atoms with Crippen molar-refractivity contribution in [1.82, 2.24) is 19.9 Å². The zero-order valence-corrected chi connectivity index (χ0v) is 31.8. The molecular weight excluding hydrogens is 693 g/mol. The first-order chi connectivity index (χ1) is 28.0. The Kier molecular flexibility index (Phi) is 8.45. The lowest BCUT2D eigenvalue weighted by molar-refractivity contribution is 0.660. The molecule has 4 nitrogen and oxygen atoms in total. The van der Waals surface area contributed by atoms with Crippen LogP contribution < -0.4 is 0 Å². The van der Waals surface area contributed by atoms with Gasteiger partial charge in [-0.1, -0.05) is 159 Å². The van der Waals surface area contributed by atoms with E-state index in [9.17, 15) is 0 Å². The van der Waals surface area contributed by atoms with Crippen molar-refractivity contribution in [3.05, 3.63) is 206 Å². The van der Waals surface area contributed by atoms with Gasteiger partial charge < -0.3 is 0 Å². The van der Waals surface area contributed by atoms with Crippen molar-refractivity contribution in [2.45, 2.75) is 19.3 Å². The molecule has 0 unspecified atom stereocenters. The number of pyridine rings is 1. The second-order valence-electron chi connectivity index (χ2n) is 15.2. The Bertz CT molecular complexity index is 2920. The molecule has 0 saturated carbocycles. The number of rotatable bonds is 7. The fourth-order valence-corrected chi connectivity index (χ4v) is 8.18. The molecule has 1 aliphatic rings. The van der Waals surface area contributed by atoms with Crippen molar-refractivity contribution >= 4 is 0 Å². The Labute approximate surface area is 333 Å². The summed E-state index contributed by atoms with van der Waals surface area (Å²) in [5.74, 6) is 1.89. The monoisotopic (exact) mass is 730 g/mol. The summed E-state index contributed by atoms with van der Waals surface area (Å²) < 4.78 is 0. The van der Waals surface area contributed by atoms with E-state index in [-0.39, 0.29) is 5.41 Å². The summed E-state index contributed by atoms with van der Waals surface area (Å²) in [5.41, 5.74) is 17.4. The highest BCUT2D eigenvalue weighted by molar-refractivity contribution is 5.85. The van der Waals surface area contributed by atoms with Gasteiger partial charge in [0.2, 0.25) is 0 Å². The number of benzene rings is 7. The first-order valence-electron chi connectivity index (χ1n) is 19.4. The molecule has 0 saturated heterocycles. The Balaban J connectivity index is 0.981. The largest absolute Gasteiger partial charge is 0.265 e. The second kappa shape index (κ2) is 14.1. The van der Waals surface area contributed by atoms with Crippen LogP contribution in [0, 0.1) is 0 Å². The standard InChI is InChI=1S/C53H38N4/c1-53(2)48-20-7-6-19-46(48)47-26-25-44(34-49(47)53)42-16-9-14-40(32-42)39-13-8-15-41(31-39)43-17-10-18-45(33-43)52-56-50(37-11-4-3-5-12-37)55-51(57-52)38-23-21-35(22-24-38)36-27-29-54-30-28-36/h3-34H,1-2H3. The van der Waals surface area contributed by atoms with Crippen molar-refractivity contribution in [3.8, 4) is 89.8 Å². The van der Waals surface area contributed by atoms with Crippen LogP contribution >= 0.6 is 0 Å². The molecule has 0 radical (unpaired) electrons. The second-order valence-corrected chi connectivity index (χ2v) is 15.2. The lowest BCUT2D eigenvalue weighted by Crippen LogP contribution is -2.14. The van der Waals surface area contributed by atoms with E-state index in [1.165, 1.54) is 38.9 Å². The van der Waals surface area contributed by atoms with Gasteiger partial charge in [0.1, 0.15) is 0 Å². The first kappa shape index (κ1) is 34.2. The minimum Gasteiger partial charge on any atom is -0.265 e. The highest BCUT2D eigenvalue weighted by Gasteiger charge is 2.35. The molecule has 4 heteroatoms. The van der Waals surface area contributed by atoms with Gasteiger partial charge in [0.05, 0.1) is 0 Å². The minimum atomic E-state index is -0.0409. The Morgan fingerprint density at radius 2 is 0.702 bits per heavy atom. The molecule has 0 atom stereocenters. The average molecular weight is 731 g/mol. The molecule has 0 N–H and O–H groups in total. The Morgan fingerprint density at radius 1 is 0.298 bits per heavy atom. The zero-order chi connectivity index (χ0) is 38.3. The van der Waals surface area contributed by atoms with E-state index in [2.05, 4.69) is 158 Å². The van der Waals surface area contributed by atoms with E-state index in [1.54, 1.807) is 0 Å².